The number of ether oxygens (including phenoxy) is 1. The van der Waals surface area contributed by atoms with Crippen molar-refractivity contribution in [3.05, 3.63) is 54.9 Å². The molecule has 5 heteroatoms. The van der Waals surface area contributed by atoms with Gasteiger partial charge in [0.15, 0.2) is 0 Å². The van der Waals surface area contributed by atoms with E-state index < -0.39 is 0 Å². The summed E-state index contributed by atoms with van der Waals surface area (Å²) in [7, 11) is 1.68. The third kappa shape index (κ3) is 3.77. The molecule has 0 heterocycles. The van der Waals surface area contributed by atoms with Gasteiger partial charge in [0.05, 0.1) is 11.6 Å². The minimum atomic E-state index is 0.691. The molecule has 0 aliphatic rings. The fraction of sp³-hybridized carbons (Fsp3) is 0.200. The highest BCUT2D eigenvalue weighted by Crippen LogP contribution is 2.33. The molecular formula is C15H14Br3NO. The van der Waals surface area contributed by atoms with Crippen molar-refractivity contribution >= 4 is 53.5 Å². The number of methoxy groups -OCH3 is 1. The highest BCUT2D eigenvalue weighted by molar-refractivity contribution is 9.11. The van der Waals surface area contributed by atoms with Crippen LogP contribution < -0.4 is 10.1 Å². The fourth-order valence-electron chi connectivity index (χ4n) is 1.87. The molecule has 2 aromatic carbocycles. The molecule has 2 aromatic rings. The molecule has 0 spiro atoms. The number of hydrogen-bond donors (Lipinski definition) is 1. The van der Waals surface area contributed by atoms with E-state index in [0.29, 0.717) is 6.54 Å². The molecule has 0 atom stereocenters. The van der Waals surface area contributed by atoms with Crippen molar-refractivity contribution in [3.8, 4) is 5.75 Å². The number of nitrogens with one attached hydrogen (secondary N) is 1. The summed E-state index contributed by atoms with van der Waals surface area (Å²) in [4.78, 5) is 0. The van der Waals surface area contributed by atoms with E-state index in [1.54, 1.807) is 7.11 Å². The van der Waals surface area contributed by atoms with E-state index in [2.05, 4.69) is 84.3 Å². The van der Waals surface area contributed by atoms with Crippen molar-refractivity contribution in [2.45, 2.75) is 13.5 Å². The van der Waals surface area contributed by atoms with Gasteiger partial charge < -0.3 is 10.1 Å². The average molecular weight is 464 g/mol. The van der Waals surface area contributed by atoms with Gasteiger partial charge in [-0.3, -0.25) is 0 Å². The van der Waals surface area contributed by atoms with Crippen LogP contribution in [0.1, 0.15) is 11.1 Å². The van der Waals surface area contributed by atoms with Crippen molar-refractivity contribution in [2.24, 2.45) is 0 Å². The van der Waals surface area contributed by atoms with Crippen molar-refractivity contribution in [1.82, 2.24) is 0 Å². The van der Waals surface area contributed by atoms with Gasteiger partial charge in [0, 0.05) is 26.7 Å². The lowest BCUT2D eigenvalue weighted by molar-refractivity contribution is 0.407. The van der Waals surface area contributed by atoms with Gasteiger partial charge in [-0.15, -0.1) is 0 Å². The first-order valence-corrected chi connectivity index (χ1v) is 8.41. The van der Waals surface area contributed by atoms with Crippen LogP contribution in [0.2, 0.25) is 0 Å². The van der Waals surface area contributed by atoms with Crippen LogP contribution in [0.25, 0.3) is 0 Å². The summed E-state index contributed by atoms with van der Waals surface area (Å²) in [6.45, 7) is 2.76. The first-order valence-electron chi connectivity index (χ1n) is 6.03. The maximum absolute atomic E-state index is 5.45. The maximum atomic E-state index is 5.45. The zero-order valence-electron chi connectivity index (χ0n) is 11.1. The predicted octanol–water partition coefficient (Wildman–Crippen LogP) is 5.90. The smallest absolute Gasteiger partial charge is 0.138 e. The predicted molar refractivity (Wildman–Crippen MR) is 94.6 cm³/mol. The Balaban J connectivity index is 2.20. The number of hydrogen-bond acceptors (Lipinski definition) is 2. The first-order chi connectivity index (χ1) is 9.51. The minimum Gasteiger partial charge on any atom is -0.495 e. The van der Waals surface area contributed by atoms with Crippen LogP contribution in [-0.2, 0) is 6.54 Å². The van der Waals surface area contributed by atoms with E-state index in [0.717, 1.165) is 30.4 Å². The Morgan fingerprint density at radius 3 is 2.45 bits per heavy atom. The molecule has 0 aromatic heterocycles. The molecule has 20 heavy (non-hydrogen) atoms. The van der Waals surface area contributed by atoms with Gasteiger partial charge >= 0.3 is 0 Å². The van der Waals surface area contributed by atoms with Crippen molar-refractivity contribution in [3.63, 3.8) is 0 Å². The van der Waals surface area contributed by atoms with Gasteiger partial charge in [-0.25, -0.2) is 0 Å². The second-order valence-electron chi connectivity index (χ2n) is 4.40. The van der Waals surface area contributed by atoms with E-state index in [1.165, 1.54) is 5.56 Å². The molecule has 0 bridgehead atoms. The van der Waals surface area contributed by atoms with Crippen LogP contribution in [0.3, 0.4) is 0 Å². The van der Waals surface area contributed by atoms with Gasteiger partial charge in [-0.05, 0) is 52.7 Å². The molecule has 0 saturated heterocycles. The molecule has 0 aliphatic carbocycles. The van der Waals surface area contributed by atoms with Crippen molar-refractivity contribution in [2.75, 3.05) is 12.4 Å². The molecule has 0 unspecified atom stereocenters. The third-order valence-electron chi connectivity index (χ3n) is 2.94. The van der Waals surface area contributed by atoms with Crippen LogP contribution in [0.4, 0.5) is 5.69 Å². The minimum absolute atomic E-state index is 0.691. The van der Waals surface area contributed by atoms with E-state index in [9.17, 15) is 0 Å². The van der Waals surface area contributed by atoms with E-state index in [1.807, 2.05) is 6.07 Å². The number of rotatable bonds is 4. The van der Waals surface area contributed by atoms with Crippen molar-refractivity contribution < 1.29 is 4.74 Å². The van der Waals surface area contributed by atoms with Gasteiger partial charge in [0.2, 0.25) is 0 Å². The Bertz CT molecular complexity index is 629. The van der Waals surface area contributed by atoms with Gasteiger partial charge in [-0.1, -0.05) is 37.9 Å². The molecule has 0 amide bonds. The lowest BCUT2D eigenvalue weighted by atomic mass is 10.2. The molecule has 0 saturated carbocycles. The van der Waals surface area contributed by atoms with Crippen LogP contribution in [0.5, 0.6) is 5.75 Å². The summed E-state index contributed by atoms with van der Waals surface area (Å²) < 4.78 is 8.51. The quantitative estimate of drug-likeness (QED) is 0.609. The van der Waals surface area contributed by atoms with Gasteiger partial charge in [0.1, 0.15) is 5.75 Å². The van der Waals surface area contributed by atoms with Crippen LogP contribution >= 0.6 is 47.8 Å². The molecule has 0 radical (unpaired) electrons. The lowest BCUT2D eigenvalue weighted by Gasteiger charge is -2.13. The van der Waals surface area contributed by atoms with E-state index >= 15 is 0 Å². The second kappa shape index (κ2) is 6.96. The van der Waals surface area contributed by atoms with Crippen molar-refractivity contribution in [1.29, 1.82) is 0 Å². The summed E-state index contributed by atoms with van der Waals surface area (Å²) in [5, 5.41) is 3.41. The summed E-state index contributed by atoms with van der Waals surface area (Å²) in [6.07, 6.45) is 0. The Morgan fingerprint density at radius 1 is 1.05 bits per heavy atom. The first kappa shape index (κ1) is 15.9. The van der Waals surface area contributed by atoms with E-state index in [4.69, 9.17) is 4.74 Å². The van der Waals surface area contributed by atoms with Crippen LogP contribution in [0.15, 0.2) is 43.7 Å². The van der Waals surface area contributed by atoms with Crippen LogP contribution in [-0.4, -0.2) is 7.11 Å². The largest absolute Gasteiger partial charge is 0.495 e. The monoisotopic (exact) mass is 461 g/mol. The zero-order chi connectivity index (χ0) is 14.7. The van der Waals surface area contributed by atoms with E-state index in [-0.39, 0.29) is 0 Å². The number of aryl methyl sites for hydroxylation is 1. The Hall–Kier alpha value is -0.520. The maximum Gasteiger partial charge on any atom is 0.138 e. The fourth-order valence-corrected chi connectivity index (χ4v) is 3.73. The Kier molecular flexibility index (Phi) is 5.52. The normalized spacial score (nSPS) is 10.4. The molecule has 0 fully saturated rings. The Labute approximate surface area is 144 Å². The molecule has 2 rings (SSSR count). The molecular weight excluding hydrogens is 450 g/mol. The number of anilines is 1. The summed E-state index contributed by atoms with van der Waals surface area (Å²) in [5.41, 5.74) is 3.38. The summed E-state index contributed by atoms with van der Waals surface area (Å²) in [5.74, 6) is 0.854. The van der Waals surface area contributed by atoms with Crippen LogP contribution in [0, 0.1) is 6.92 Å². The molecule has 2 nitrogen and oxygen atoms in total. The molecule has 1 N–H and O–H groups in total. The number of benzene rings is 2. The lowest BCUT2D eigenvalue weighted by Crippen LogP contribution is -2.02. The average Bonchev–Trinajstić information content (AvgIpc) is 2.39. The Morgan fingerprint density at radius 2 is 1.80 bits per heavy atom. The second-order valence-corrected chi connectivity index (χ2v) is 7.02. The standard InChI is InChI=1S/C15H14Br3NO/c1-9-3-4-12(7-13(9)17)19-8-10-5-11(16)6-14(18)15(10)20-2/h3-7,19H,8H2,1-2H3. The third-order valence-corrected chi connectivity index (χ3v) is 4.85. The SMILES string of the molecule is COc1c(Br)cc(Br)cc1CNc1ccc(C)c(Br)c1. The topological polar surface area (TPSA) is 21.3 Å². The molecule has 0 aliphatic heterocycles. The van der Waals surface area contributed by atoms with Gasteiger partial charge in [-0.2, -0.15) is 0 Å². The van der Waals surface area contributed by atoms with Gasteiger partial charge in [0.25, 0.3) is 0 Å². The highest BCUT2D eigenvalue weighted by Gasteiger charge is 2.09. The number of halogens is 3. The molecule has 106 valence electrons. The highest BCUT2D eigenvalue weighted by atomic mass is 79.9. The zero-order valence-corrected chi connectivity index (χ0v) is 15.9. The summed E-state index contributed by atoms with van der Waals surface area (Å²) in [6, 6.07) is 10.3. The summed E-state index contributed by atoms with van der Waals surface area (Å²) >= 11 is 10.6.